The highest BCUT2D eigenvalue weighted by Gasteiger charge is 2.33. The first-order valence-corrected chi connectivity index (χ1v) is 6.30. The molecule has 4 heteroatoms. The number of benzene rings is 1. The summed E-state index contributed by atoms with van der Waals surface area (Å²) in [5.74, 6) is 0.549. The number of likely N-dealkylation sites (N-methyl/N-ethyl adjacent to an activating group) is 1. The molecule has 1 aromatic carbocycles. The lowest BCUT2D eigenvalue weighted by Crippen LogP contribution is -2.54. The third-order valence-corrected chi connectivity index (χ3v) is 3.63. The number of nitrogens with zero attached hydrogens (tertiary/aromatic N) is 1. The van der Waals surface area contributed by atoms with Gasteiger partial charge in [0.05, 0.1) is 5.54 Å². The molecule has 4 nitrogen and oxygen atoms in total. The number of ether oxygens (including phenoxy) is 1. The van der Waals surface area contributed by atoms with Gasteiger partial charge < -0.3 is 15.4 Å². The van der Waals surface area contributed by atoms with Gasteiger partial charge in [-0.3, -0.25) is 0 Å². The number of nitrogens with two attached hydrogens (primary N) is 1. The topological polar surface area (TPSA) is 55.6 Å². The third kappa shape index (κ3) is 3.01. The fraction of sp³-hybridized carbons (Fsp3) is 0.500. The molecule has 0 radical (unpaired) electrons. The van der Waals surface area contributed by atoms with Gasteiger partial charge in [0, 0.05) is 13.6 Å². The summed E-state index contributed by atoms with van der Waals surface area (Å²) in [5.41, 5.74) is 5.48. The van der Waals surface area contributed by atoms with Crippen molar-refractivity contribution in [3.8, 4) is 5.75 Å². The lowest BCUT2D eigenvalue weighted by atomic mass is 9.91. The maximum absolute atomic E-state index is 12.1. The van der Waals surface area contributed by atoms with E-state index in [9.17, 15) is 4.79 Å². The second-order valence-corrected chi connectivity index (χ2v) is 4.38. The Morgan fingerprint density at radius 3 is 2.28 bits per heavy atom. The molecule has 0 saturated heterocycles. The first-order chi connectivity index (χ1) is 8.59. The maximum Gasteiger partial charge on any atom is 0.415 e. The molecule has 0 unspecified atom stereocenters. The average molecular weight is 250 g/mol. The highest BCUT2D eigenvalue weighted by atomic mass is 16.6. The number of para-hydroxylation sites is 1. The van der Waals surface area contributed by atoms with E-state index in [-0.39, 0.29) is 11.6 Å². The van der Waals surface area contributed by atoms with Crippen LogP contribution in [-0.4, -0.2) is 30.1 Å². The molecule has 0 saturated carbocycles. The van der Waals surface area contributed by atoms with E-state index in [2.05, 4.69) is 0 Å². The van der Waals surface area contributed by atoms with E-state index in [1.165, 1.54) is 0 Å². The molecule has 0 bridgehead atoms. The fourth-order valence-electron chi connectivity index (χ4n) is 2.00. The number of carbonyl (C=O) groups excluding carboxylic acids is 1. The largest absolute Gasteiger partial charge is 0.415 e. The second-order valence-electron chi connectivity index (χ2n) is 4.38. The first kappa shape index (κ1) is 14.5. The highest BCUT2D eigenvalue weighted by Crippen LogP contribution is 2.22. The average Bonchev–Trinajstić information content (AvgIpc) is 2.42. The zero-order valence-corrected chi connectivity index (χ0v) is 11.3. The molecular weight excluding hydrogens is 228 g/mol. The molecule has 1 aromatic rings. The van der Waals surface area contributed by atoms with E-state index in [1.807, 2.05) is 32.0 Å². The van der Waals surface area contributed by atoms with Crippen molar-refractivity contribution >= 4 is 6.09 Å². The van der Waals surface area contributed by atoms with Crippen molar-refractivity contribution < 1.29 is 9.53 Å². The van der Waals surface area contributed by atoms with Crippen molar-refractivity contribution in [3.05, 3.63) is 30.3 Å². The first-order valence-electron chi connectivity index (χ1n) is 6.30. The van der Waals surface area contributed by atoms with Crippen LogP contribution in [0.15, 0.2) is 30.3 Å². The molecule has 0 aromatic heterocycles. The molecule has 0 spiro atoms. The number of hydrogen-bond acceptors (Lipinski definition) is 3. The molecule has 0 fully saturated rings. The smallest absolute Gasteiger partial charge is 0.410 e. The minimum atomic E-state index is -0.365. The van der Waals surface area contributed by atoms with E-state index in [0.717, 1.165) is 12.8 Å². The Bertz CT molecular complexity index is 366. The molecule has 0 aliphatic heterocycles. The normalized spacial score (nSPS) is 11.1. The van der Waals surface area contributed by atoms with E-state index < -0.39 is 0 Å². The molecule has 0 aliphatic rings. The van der Waals surface area contributed by atoms with Gasteiger partial charge in [0.25, 0.3) is 0 Å². The minimum Gasteiger partial charge on any atom is -0.410 e. The van der Waals surface area contributed by atoms with Gasteiger partial charge in [0.15, 0.2) is 0 Å². The summed E-state index contributed by atoms with van der Waals surface area (Å²) in [6, 6.07) is 9.06. The predicted octanol–water partition coefficient (Wildman–Crippen LogP) is 2.63. The van der Waals surface area contributed by atoms with Crippen molar-refractivity contribution in [2.45, 2.75) is 32.2 Å². The van der Waals surface area contributed by atoms with Crippen LogP contribution >= 0.6 is 0 Å². The Hall–Kier alpha value is -1.55. The summed E-state index contributed by atoms with van der Waals surface area (Å²) in [5, 5.41) is 0. The van der Waals surface area contributed by atoms with Gasteiger partial charge in [0.1, 0.15) is 5.75 Å². The minimum absolute atomic E-state index is 0.328. The molecule has 100 valence electrons. The van der Waals surface area contributed by atoms with Gasteiger partial charge in [-0.15, -0.1) is 0 Å². The standard InChI is InChI=1S/C14H22N2O2/c1-4-14(5-2,11-15)16(3)13(17)18-12-9-7-6-8-10-12/h6-10H,4-5,11,15H2,1-3H3. The van der Waals surface area contributed by atoms with Crippen LogP contribution in [0.4, 0.5) is 4.79 Å². The highest BCUT2D eigenvalue weighted by molar-refractivity contribution is 5.71. The number of amides is 1. The quantitative estimate of drug-likeness (QED) is 0.874. The van der Waals surface area contributed by atoms with Crippen LogP contribution < -0.4 is 10.5 Å². The SMILES string of the molecule is CCC(CC)(CN)N(C)C(=O)Oc1ccccc1. The summed E-state index contributed by atoms with van der Waals surface area (Å²) in [6.45, 7) is 4.49. The van der Waals surface area contributed by atoms with Crippen LogP contribution in [0.2, 0.25) is 0 Å². The van der Waals surface area contributed by atoms with Crippen LogP contribution in [0.3, 0.4) is 0 Å². The Morgan fingerprint density at radius 1 is 1.28 bits per heavy atom. The van der Waals surface area contributed by atoms with Crippen molar-refractivity contribution in [1.29, 1.82) is 0 Å². The molecular formula is C14H22N2O2. The van der Waals surface area contributed by atoms with Crippen molar-refractivity contribution in [1.82, 2.24) is 4.90 Å². The Labute approximate surface area is 109 Å². The van der Waals surface area contributed by atoms with Crippen LogP contribution in [0.1, 0.15) is 26.7 Å². The Morgan fingerprint density at radius 2 is 1.83 bits per heavy atom. The van der Waals surface area contributed by atoms with E-state index in [4.69, 9.17) is 10.5 Å². The number of rotatable bonds is 5. The van der Waals surface area contributed by atoms with Crippen LogP contribution in [0.5, 0.6) is 5.75 Å². The summed E-state index contributed by atoms with van der Waals surface area (Å²) in [7, 11) is 1.74. The third-order valence-electron chi connectivity index (χ3n) is 3.63. The summed E-state index contributed by atoms with van der Waals surface area (Å²) >= 11 is 0. The number of hydrogen-bond donors (Lipinski definition) is 1. The predicted molar refractivity (Wildman–Crippen MR) is 72.6 cm³/mol. The summed E-state index contributed by atoms with van der Waals surface area (Å²) in [6.07, 6.45) is 1.25. The Balaban J connectivity index is 2.77. The Kier molecular flexibility index (Phi) is 5.16. The van der Waals surface area contributed by atoms with Gasteiger partial charge in [-0.05, 0) is 25.0 Å². The molecule has 0 heterocycles. The van der Waals surface area contributed by atoms with E-state index in [0.29, 0.717) is 12.3 Å². The monoisotopic (exact) mass is 250 g/mol. The molecule has 0 aliphatic carbocycles. The molecule has 1 amide bonds. The molecule has 2 N–H and O–H groups in total. The van der Waals surface area contributed by atoms with Gasteiger partial charge in [-0.2, -0.15) is 0 Å². The molecule has 0 atom stereocenters. The molecule has 18 heavy (non-hydrogen) atoms. The zero-order chi connectivity index (χ0) is 13.6. The van der Waals surface area contributed by atoms with Crippen LogP contribution in [0, 0.1) is 0 Å². The fourth-order valence-corrected chi connectivity index (χ4v) is 2.00. The second kappa shape index (κ2) is 6.40. The van der Waals surface area contributed by atoms with Crippen LogP contribution in [0.25, 0.3) is 0 Å². The van der Waals surface area contributed by atoms with E-state index >= 15 is 0 Å². The lowest BCUT2D eigenvalue weighted by molar-refractivity contribution is 0.0969. The number of carbonyl (C=O) groups is 1. The lowest BCUT2D eigenvalue weighted by Gasteiger charge is -2.39. The van der Waals surface area contributed by atoms with Crippen molar-refractivity contribution in [2.75, 3.05) is 13.6 Å². The maximum atomic E-state index is 12.1. The van der Waals surface area contributed by atoms with Gasteiger partial charge in [-0.1, -0.05) is 32.0 Å². The van der Waals surface area contributed by atoms with E-state index in [1.54, 1.807) is 24.1 Å². The van der Waals surface area contributed by atoms with Gasteiger partial charge in [-0.25, -0.2) is 4.79 Å². The van der Waals surface area contributed by atoms with Crippen molar-refractivity contribution in [2.24, 2.45) is 5.73 Å². The molecule has 1 rings (SSSR count). The van der Waals surface area contributed by atoms with Gasteiger partial charge >= 0.3 is 6.09 Å². The summed E-state index contributed by atoms with van der Waals surface area (Å²) < 4.78 is 5.32. The van der Waals surface area contributed by atoms with Crippen molar-refractivity contribution in [3.63, 3.8) is 0 Å². The van der Waals surface area contributed by atoms with Gasteiger partial charge in [0.2, 0.25) is 0 Å². The zero-order valence-electron chi connectivity index (χ0n) is 11.3. The van der Waals surface area contributed by atoms with Crippen LogP contribution in [-0.2, 0) is 0 Å². The summed E-state index contributed by atoms with van der Waals surface area (Å²) in [4.78, 5) is 13.7.